The molecule has 148 valence electrons. The fraction of sp³-hybridized carbons (Fsp3) is 0.273. The SMILES string of the molecule is CCCCSc1nc([O-])c2[n+](n1)C(c1ccccc1)N(C(C)=O)c1ccccc1-2. The highest BCUT2D eigenvalue weighted by Gasteiger charge is 2.43. The molecule has 1 aliphatic heterocycles. The molecule has 6 nitrogen and oxygen atoms in total. The molecule has 0 N–H and O–H groups in total. The molecule has 1 amide bonds. The van der Waals surface area contributed by atoms with Crippen LogP contribution in [0.3, 0.4) is 0 Å². The fourth-order valence-electron chi connectivity index (χ4n) is 3.57. The summed E-state index contributed by atoms with van der Waals surface area (Å²) >= 11 is 1.47. The molecular formula is C22H22N4O2S. The Balaban J connectivity index is 1.95. The maximum atomic E-state index is 13.0. The van der Waals surface area contributed by atoms with Crippen molar-refractivity contribution in [3.05, 3.63) is 60.2 Å². The van der Waals surface area contributed by atoms with Gasteiger partial charge in [0.2, 0.25) is 5.91 Å². The first-order chi connectivity index (χ1) is 14.1. The quantitative estimate of drug-likeness (QED) is 0.369. The summed E-state index contributed by atoms with van der Waals surface area (Å²) in [7, 11) is 0. The lowest BCUT2D eigenvalue weighted by atomic mass is 10.0. The summed E-state index contributed by atoms with van der Waals surface area (Å²) in [5.74, 6) is 0.407. The maximum absolute atomic E-state index is 13.0. The predicted octanol–water partition coefficient (Wildman–Crippen LogP) is 3.31. The minimum absolute atomic E-state index is 0.115. The number of nitrogens with zero attached hydrogens (tertiary/aromatic N) is 4. The number of carbonyl (C=O) groups is 1. The molecule has 2 aromatic carbocycles. The number of unbranched alkanes of at least 4 members (excludes halogenated alkanes) is 1. The Kier molecular flexibility index (Phi) is 5.49. The third-order valence-electron chi connectivity index (χ3n) is 4.88. The molecule has 0 saturated carbocycles. The number of carbonyl (C=O) groups excluding carboxylic acids is 1. The predicted molar refractivity (Wildman–Crippen MR) is 110 cm³/mol. The van der Waals surface area contributed by atoms with Crippen molar-refractivity contribution >= 4 is 23.4 Å². The molecule has 2 heterocycles. The van der Waals surface area contributed by atoms with Crippen LogP contribution < -0.4 is 14.7 Å². The number of anilines is 1. The van der Waals surface area contributed by atoms with Crippen molar-refractivity contribution in [2.45, 2.75) is 38.0 Å². The van der Waals surface area contributed by atoms with E-state index in [2.05, 4.69) is 11.9 Å². The molecule has 7 heteroatoms. The van der Waals surface area contributed by atoms with Gasteiger partial charge in [0, 0.05) is 23.3 Å². The summed E-state index contributed by atoms with van der Waals surface area (Å²) in [4.78, 5) is 18.6. The number of rotatable bonds is 5. The molecule has 0 saturated heterocycles. The monoisotopic (exact) mass is 406 g/mol. The smallest absolute Gasteiger partial charge is 0.293 e. The van der Waals surface area contributed by atoms with Crippen molar-refractivity contribution in [2.24, 2.45) is 0 Å². The number of benzene rings is 2. The Morgan fingerprint density at radius 1 is 1.17 bits per heavy atom. The highest BCUT2D eigenvalue weighted by atomic mass is 32.2. The molecule has 0 bridgehead atoms. The van der Waals surface area contributed by atoms with Crippen molar-refractivity contribution in [1.82, 2.24) is 10.1 Å². The minimum Gasteiger partial charge on any atom is -0.854 e. The lowest BCUT2D eigenvalue weighted by Crippen LogP contribution is -2.58. The first-order valence-corrected chi connectivity index (χ1v) is 10.7. The molecule has 1 aromatic heterocycles. The van der Waals surface area contributed by atoms with Crippen LogP contribution in [0, 0.1) is 0 Å². The molecule has 4 rings (SSSR count). The van der Waals surface area contributed by atoms with E-state index in [-0.39, 0.29) is 11.8 Å². The van der Waals surface area contributed by atoms with Gasteiger partial charge in [0.1, 0.15) is 0 Å². The van der Waals surface area contributed by atoms with Crippen LogP contribution in [0.25, 0.3) is 11.3 Å². The third-order valence-corrected chi connectivity index (χ3v) is 5.81. The zero-order valence-electron chi connectivity index (χ0n) is 16.4. The van der Waals surface area contributed by atoms with Crippen LogP contribution in [0.2, 0.25) is 0 Å². The number of hydrogen-bond donors (Lipinski definition) is 0. The summed E-state index contributed by atoms with van der Waals surface area (Å²) in [6.45, 7) is 3.66. The van der Waals surface area contributed by atoms with Crippen molar-refractivity contribution in [3.8, 4) is 17.1 Å². The van der Waals surface area contributed by atoms with Crippen molar-refractivity contribution < 1.29 is 14.6 Å². The van der Waals surface area contributed by atoms with Crippen LogP contribution in [0.5, 0.6) is 5.88 Å². The standard InChI is InChI=1S/C22H22N4O2S/c1-3-4-14-29-22-23-20(28)19-17-12-8-9-13-18(17)25(15(2)27)21(26(19)24-22)16-10-6-5-7-11-16/h5-13,21H,3-4,14H2,1-2H3. The Morgan fingerprint density at radius 3 is 2.62 bits per heavy atom. The molecule has 1 unspecified atom stereocenters. The van der Waals surface area contributed by atoms with Crippen LogP contribution in [0.15, 0.2) is 59.8 Å². The molecule has 0 spiro atoms. The Bertz CT molecular complexity index is 1040. The zero-order valence-corrected chi connectivity index (χ0v) is 17.2. The van der Waals surface area contributed by atoms with Crippen molar-refractivity contribution in [2.75, 3.05) is 10.7 Å². The molecule has 0 fully saturated rings. The van der Waals surface area contributed by atoms with Crippen LogP contribution in [0.1, 0.15) is 38.4 Å². The Labute approximate surface area is 174 Å². The van der Waals surface area contributed by atoms with E-state index in [0.29, 0.717) is 22.1 Å². The second kappa shape index (κ2) is 8.21. The van der Waals surface area contributed by atoms with Gasteiger partial charge < -0.3 is 5.11 Å². The highest BCUT2D eigenvalue weighted by molar-refractivity contribution is 7.99. The second-order valence-corrected chi connectivity index (χ2v) is 7.95. The molecule has 0 radical (unpaired) electrons. The molecule has 3 aromatic rings. The van der Waals surface area contributed by atoms with Crippen molar-refractivity contribution in [1.29, 1.82) is 0 Å². The molecule has 1 aliphatic rings. The van der Waals surface area contributed by atoms with E-state index in [4.69, 9.17) is 5.10 Å². The van der Waals surface area contributed by atoms with Gasteiger partial charge in [-0.1, -0.05) is 72.3 Å². The van der Waals surface area contributed by atoms with Crippen molar-refractivity contribution in [3.63, 3.8) is 0 Å². The number of thioether (sulfide) groups is 1. The first kappa shape index (κ1) is 19.4. The average molecular weight is 407 g/mol. The van der Waals surface area contributed by atoms with E-state index in [1.807, 2.05) is 54.6 Å². The van der Waals surface area contributed by atoms with Gasteiger partial charge in [0.05, 0.1) is 17.1 Å². The normalized spacial score (nSPS) is 15.0. The van der Waals surface area contributed by atoms with Gasteiger partial charge in [-0.2, -0.15) is 0 Å². The molecule has 1 atom stereocenters. The minimum atomic E-state index is -0.542. The van der Waals surface area contributed by atoms with E-state index in [0.717, 1.165) is 24.2 Å². The number of para-hydroxylation sites is 1. The molecule has 0 aliphatic carbocycles. The van der Waals surface area contributed by atoms with E-state index >= 15 is 0 Å². The summed E-state index contributed by atoms with van der Waals surface area (Å²) in [5, 5.41) is 18.2. The molecular weight excluding hydrogens is 384 g/mol. The maximum Gasteiger partial charge on any atom is 0.293 e. The first-order valence-electron chi connectivity index (χ1n) is 9.69. The van der Waals surface area contributed by atoms with Gasteiger partial charge in [0.15, 0.2) is 0 Å². The van der Waals surface area contributed by atoms with Gasteiger partial charge in [-0.05, 0) is 18.6 Å². The van der Waals surface area contributed by atoms with E-state index < -0.39 is 6.17 Å². The average Bonchev–Trinajstić information content (AvgIpc) is 2.73. The van der Waals surface area contributed by atoms with Gasteiger partial charge in [-0.15, -0.1) is 0 Å². The number of amides is 1. The number of hydrogen-bond acceptors (Lipinski definition) is 5. The van der Waals surface area contributed by atoms with Gasteiger partial charge >= 0.3 is 0 Å². The van der Waals surface area contributed by atoms with Crippen LogP contribution in [-0.2, 0) is 4.79 Å². The van der Waals surface area contributed by atoms with E-state index in [9.17, 15) is 9.90 Å². The lowest BCUT2D eigenvalue weighted by Gasteiger charge is -2.32. The summed E-state index contributed by atoms with van der Waals surface area (Å²) in [5.41, 5.74) is 2.66. The van der Waals surface area contributed by atoms with Gasteiger partial charge in [0.25, 0.3) is 17.0 Å². The fourth-order valence-corrected chi connectivity index (χ4v) is 4.48. The van der Waals surface area contributed by atoms with E-state index in [1.54, 1.807) is 9.58 Å². The third kappa shape index (κ3) is 3.58. The van der Waals surface area contributed by atoms with Gasteiger partial charge in [-0.3, -0.25) is 4.79 Å². The summed E-state index contributed by atoms with van der Waals surface area (Å²) in [6, 6.07) is 17.1. The van der Waals surface area contributed by atoms with Crippen LogP contribution in [0.4, 0.5) is 5.69 Å². The Morgan fingerprint density at radius 2 is 1.90 bits per heavy atom. The zero-order chi connectivity index (χ0) is 20.4. The number of fused-ring (bicyclic) bond motifs is 3. The summed E-state index contributed by atoms with van der Waals surface area (Å²) < 4.78 is 1.67. The lowest BCUT2D eigenvalue weighted by molar-refractivity contribution is -0.764. The van der Waals surface area contributed by atoms with Crippen LogP contribution in [-0.4, -0.2) is 21.7 Å². The molecule has 29 heavy (non-hydrogen) atoms. The Hall–Kier alpha value is -2.93. The highest BCUT2D eigenvalue weighted by Crippen LogP contribution is 2.40. The number of aromatic nitrogens is 3. The topological polar surface area (TPSA) is 73.0 Å². The van der Waals surface area contributed by atoms with Crippen LogP contribution >= 0.6 is 11.8 Å². The largest absolute Gasteiger partial charge is 0.854 e. The van der Waals surface area contributed by atoms with E-state index in [1.165, 1.54) is 18.7 Å². The van der Waals surface area contributed by atoms with Gasteiger partial charge in [-0.25, -0.2) is 9.88 Å². The summed E-state index contributed by atoms with van der Waals surface area (Å²) in [6.07, 6.45) is 1.54. The second-order valence-electron chi connectivity index (χ2n) is 6.89.